The Morgan fingerprint density at radius 1 is 1.15 bits per heavy atom. The second-order valence-corrected chi connectivity index (χ2v) is 6.34. The van der Waals surface area contributed by atoms with Crippen molar-refractivity contribution in [3.63, 3.8) is 0 Å². The molecule has 0 saturated carbocycles. The van der Waals surface area contributed by atoms with Crippen LogP contribution in [0.15, 0.2) is 30.3 Å². The Balaban J connectivity index is 1.95. The first kappa shape index (κ1) is 20.2. The van der Waals surface area contributed by atoms with Gasteiger partial charge in [-0.25, -0.2) is 9.78 Å². The number of aryl methyl sites for hydroxylation is 1. The average molecular weight is 372 g/mol. The molecule has 0 aliphatic rings. The monoisotopic (exact) mass is 372 g/mol. The van der Waals surface area contributed by atoms with E-state index in [1.807, 2.05) is 25.1 Å². The number of aromatic nitrogens is 1. The van der Waals surface area contributed by atoms with Gasteiger partial charge in [0.1, 0.15) is 5.69 Å². The van der Waals surface area contributed by atoms with Gasteiger partial charge >= 0.3 is 5.97 Å². The Morgan fingerprint density at radius 3 is 2.44 bits per heavy atom. The van der Waals surface area contributed by atoms with Gasteiger partial charge in [-0.05, 0) is 49.1 Å². The number of aromatic carboxylic acids is 1. The van der Waals surface area contributed by atoms with E-state index < -0.39 is 5.97 Å². The summed E-state index contributed by atoms with van der Waals surface area (Å²) >= 11 is 0. The lowest BCUT2D eigenvalue weighted by Gasteiger charge is -2.14. The lowest BCUT2D eigenvalue weighted by Crippen LogP contribution is -2.30. The van der Waals surface area contributed by atoms with Crippen molar-refractivity contribution in [2.45, 2.75) is 20.3 Å². The predicted molar refractivity (Wildman–Crippen MR) is 101 cm³/mol. The molecule has 1 unspecified atom stereocenters. The van der Waals surface area contributed by atoms with Crippen LogP contribution in [0.25, 0.3) is 0 Å². The number of amides is 1. The molecule has 1 heterocycles. The van der Waals surface area contributed by atoms with E-state index in [9.17, 15) is 9.59 Å². The average Bonchev–Trinajstić information content (AvgIpc) is 2.65. The van der Waals surface area contributed by atoms with Crippen LogP contribution in [0.3, 0.4) is 0 Å². The summed E-state index contributed by atoms with van der Waals surface area (Å²) in [6.07, 6.45) is 0.755. The van der Waals surface area contributed by atoms with Crippen LogP contribution in [0.4, 0.5) is 0 Å². The number of carboxylic acids is 1. The Labute approximate surface area is 158 Å². The molecular formula is C20H24N2O5. The number of carbonyl (C=O) groups is 2. The third-order valence-corrected chi connectivity index (χ3v) is 4.19. The van der Waals surface area contributed by atoms with Crippen LogP contribution >= 0.6 is 0 Å². The lowest BCUT2D eigenvalue weighted by atomic mass is 10.0. The fourth-order valence-corrected chi connectivity index (χ4v) is 2.75. The minimum absolute atomic E-state index is 0.0911. The quantitative estimate of drug-likeness (QED) is 0.739. The van der Waals surface area contributed by atoms with Crippen molar-refractivity contribution in [1.82, 2.24) is 10.3 Å². The Morgan fingerprint density at radius 2 is 1.85 bits per heavy atom. The lowest BCUT2D eigenvalue weighted by molar-refractivity contribution is 0.0694. The van der Waals surface area contributed by atoms with Crippen molar-refractivity contribution in [3.05, 3.63) is 52.8 Å². The fraction of sp³-hybridized carbons (Fsp3) is 0.350. The number of benzene rings is 1. The highest BCUT2D eigenvalue weighted by Gasteiger charge is 2.14. The van der Waals surface area contributed by atoms with E-state index >= 15 is 0 Å². The van der Waals surface area contributed by atoms with Crippen LogP contribution < -0.4 is 14.8 Å². The standard InChI is InChI=1S/C20H24N2O5/c1-12(9-14-5-8-17(26-3)18(10-14)27-4)11-21-19(23)16-7-6-15(20(24)25)13(2)22-16/h5-8,10,12H,9,11H2,1-4H3,(H,21,23)(H,24,25). The number of hydrogen-bond acceptors (Lipinski definition) is 5. The number of methoxy groups -OCH3 is 2. The summed E-state index contributed by atoms with van der Waals surface area (Å²) in [6, 6.07) is 8.56. The SMILES string of the molecule is COc1ccc(CC(C)CNC(=O)c2ccc(C(=O)O)c(C)n2)cc1OC. The van der Waals surface area contributed by atoms with Crippen molar-refractivity contribution in [2.24, 2.45) is 5.92 Å². The van der Waals surface area contributed by atoms with Crippen LogP contribution in [-0.4, -0.2) is 42.7 Å². The van der Waals surface area contributed by atoms with Gasteiger partial charge in [0.15, 0.2) is 11.5 Å². The zero-order chi connectivity index (χ0) is 20.0. The molecule has 1 amide bonds. The molecule has 0 spiro atoms. The van der Waals surface area contributed by atoms with Crippen molar-refractivity contribution < 1.29 is 24.2 Å². The van der Waals surface area contributed by atoms with Crippen molar-refractivity contribution in [3.8, 4) is 11.5 Å². The van der Waals surface area contributed by atoms with Gasteiger partial charge in [0.2, 0.25) is 0 Å². The van der Waals surface area contributed by atoms with Gasteiger partial charge in [-0.2, -0.15) is 0 Å². The zero-order valence-corrected chi connectivity index (χ0v) is 15.9. The number of nitrogens with zero attached hydrogens (tertiary/aromatic N) is 1. The summed E-state index contributed by atoms with van der Waals surface area (Å²) in [7, 11) is 3.18. The molecule has 2 rings (SSSR count). The van der Waals surface area contributed by atoms with Crippen LogP contribution in [0.2, 0.25) is 0 Å². The van der Waals surface area contributed by atoms with Gasteiger partial charge in [0.05, 0.1) is 25.5 Å². The Hall–Kier alpha value is -3.09. The molecule has 1 aromatic heterocycles. The molecule has 0 aliphatic carbocycles. The molecule has 7 heteroatoms. The van der Waals surface area contributed by atoms with E-state index in [0.29, 0.717) is 23.7 Å². The molecule has 0 saturated heterocycles. The molecule has 0 aliphatic heterocycles. The second-order valence-electron chi connectivity index (χ2n) is 6.34. The fourth-order valence-electron chi connectivity index (χ4n) is 2.75. The number of rotatable bonds is 8. The maximum atomic E-state index is 12.3. The normalized spacial score (nSPS) is 11.6. The van der Waals surface area contributed by atoms with Crippen molar-refractivity contribution >= 4 is 11.9 Å². The molecule has 0 bridgehead atoms. The van der Waals surface area contributed by atoms with Gasteiger partial charge in [-0.3, -0.25) is 4.79 Å². The molecule has 0 fully saturated rings. The minimum atomic E-state index is -1.06. The number of pyridine rings is 1. The zero-order valence-electron chi connectivity index (χ0n) is 15.9. The Bertz CT molecular complexity index is 835. The molecule has 2 aromatic rings. The topological polar surface area (TPSA) is 97.8 Å². The number of carbonyl (C=O) groups excluding carboxylic acids is 1. The van der Waals surface area contributed by atoms with Crippen molar-refractivity contribution in [2.75, 3.05) is 20.8 Å². The van der Waals surface area contributed by atoms with E-state index in [2.05, 4.69) is 10.3 Å². The molecular weight excluding hydrogens is 348 g/mol. The molecule has 144 valence electrons. The second kappa shape index (κ2) is 9.02. The van der Waals surface area contributed by atoms with E-state index in [1.165, 1.54) is 12.1 Å². The highest BCUT2D eigenvalue weighted by molar-refractivity contribution is 5.94. The number of carboxylic acid groups (broad SMARTS) is 1. The molecule has 2 N–H and O–H groups in total. The van der Waals surface area contributed by atoms with Gasteiger partial charge in [-0.1, -0.05) is 13.0 Å². The third-order valence-electron chi connectivity index (χ3n) is 4.19. The highest BCUT2D eigenvalue weighted by Crippen LogP contribution is 2.28. The summed E-state index contributed by atoms with van der Waals surface area (Å²) in [6.45, 7) is 4.07. The minimum Gasteiger partial charge on any atom is -0.493 e. The highest BCUT2D eigenvalue weighted by atomic mass is 16.5. The van der Waals surface area contributed by atoms with Gasteiger partial charge < -0.3 is 19.9 Å². The molecule has 27 heavy (non-hydrogen) atoms. The summed E-state index contributed by atoms with van der Waals surface area (Å²) in [5.41, 5.74) is 1.69. The predicted octanol–water partition coefficient (Wildman–Crippen LogP) is 2.71. The summed E-state index contributed by atoms with van der Waals surface area (Å²) in [5.74, 6) is 0.147. The van der Waals surface area contributed by atoms with Crippen LogP contribution in [-0.2, 0) is 6.42 Å². The molecule has 0 radical (unpaired) electrons. The Kier molecular flexibility index (Phi) is 6.76. The smallest absolute Gasteiger partial charge is 0.337 e. The van der Waals surface area contributed by atoms with E-state index in [0.717, 1.165) is 12.0 Å². The first-order chi connectivity index (χ1) is 12.8. The van der Waals surface area contributed by atoms with Gasteiger partial charge in [-0.15, -0.1) is 0 Å². The van der Waals surface area contributed by atoms with E-state index in [-0.39, 0.29) is 23.1 Å². The molecule has 1 atom stereocenters. The maximum Gasteiger partial charge on any atom is 0.337 e. The maximum absolute atomic E-state index is 12.3. The van der Waals surface area contributed by atoms with Crippen LogP contribution in [0, 0.1) is 12.8 Å². The van der Waals surface area contributed by atoms with E-state index in [4.69, 9.17) is 14.6 Å². The van der Waals surface area contributed by atoms with Gasteiger partial charge in [0, 0.05) is 6.54 Å². The third kappa shape index (κ3) is 5.20. The summed E-state index contributed by atoms with van der Waals surface area (Å²) in [4.78, 5) is 27.4. The molecule has 1 aromatic carbocycles. The van der Waals surface area contributed by atoms with Crippen molar-refractivity contribution in [1.29, 1.82) is 0 Å². The summed E-state index contributed by atoms with van der Waals surface area (Å²) in [5, 5.41) is 11.9. The first-order valence-corrected chi connectivity index (χ1v) is 8.55. The summed E-state index contributed by atoms with van der Waals surface area (Å²) < 4.78 is 10.5. The largest absolute Gasteiger partial charge is 0.493 e. The molecule has 7 nitrogen and oxygen atoms in total. The number of ether oxygens (including phenoxy) is 2. The van der Waals surface area contributed by atoms with Gasteiger partial charge in [0.25, 0.3) is 5.91 Å². The number of nitrogens with one attached hydrogen (secondary N) is 1. The van der Waals surface area contributed by atoms with Crippen LogP contribution in [0.1, 0.15) is 39.0 Å². The van der Waals surface area contributed by atoms with Crippen LogP contribution in [0.5, 0.6) is 11.5 Å². The number of hydrogen-bond donors (Lipinski definition) is 2. The van der Waals surface area contributed by atoms with E-state index in [1.54, 1.807) is 21.1 Å². The first-order valence-electron chi connectivity index (χ1n) is 8.55.